The van der Waals surface area contributed by atoms with E-state index in [2.05, 4.69) is 49.6 Å². The third kappa shape index (κ3) is 5.21. The molecule has 0 radical (unpaired) electrons. The van der Waals surface area contributed by atoms with Gasteiger partial charge in [-0.15, -0.1) is 0 Å². The predicted octanol–water partition coefficient (Wildman–Crippen LogP) is 5.04. The number of rotatable bonds is 8. The SMILES string of the molecule is COc1cc(Nc2nccc(Nc3cnc4c(Cl)cncc4c3)n2)ccc1OC1CC(N(C)C)C1. The zero-order valence-electron chi connectivity index (χ0n) is 19.7. The number of ether oxygens (including phenoxy) is 2. The highest BCUT2D eigenvalue weighted by molar-refractivity contribution is 6.34. The largest absolute Gasteiger partial charge is 0.493 e. The number of halogens is 1. The molecule has 1 aliphatic carbocycles. The van der Waals surface area contributed by atoms with Crippen LogP contribution in [0.3, 0.4) is 0 Å². The van der Waals surface area contributed by atoms with Gasteiger partial charge in [-0.2, -0.15) is 4.98 Å². The molecule has 10 heteroatoms. The van der Waals surface area contributed by atoms with Crippen LogP contribution in [-0.4, -0.2) is 58.2 Å². The Hall–Kier alpha value is -3.69. The quantitative estimate of drug-likeness (QED) is 0.351. The van der Waals surface area contributed by atoms with Crippen molar-refractivity contribution in [3.8, 4) is 11.5 Å². The number of benzene rings is 1. The van der Waals surface area contributed by atoms with Crippen LogP contribution in [0.4, 0.5) is 23.1 Å². The van der Waals surface area contributed by atoms with Gasteiger partial charge in [0.25, 0.3) is 0 Å². The Morgan fingerprint density at radius 1 is 0.971 bits per heavy atom. The van der Waals surface area contributed by atoms with Crippen molar-refractivity contribution in [2.45, 2.75) is 25.0 Å². The molecule has 0 atom stereocenters. The van der Waals surface area contributed by atoms with Gasteiger partial charge < -0.3 is 25.0 Å². The van der Waals surface area contributed by atoms with E-state index in [1.54, 1.807) is 38.0 Å². The second-order valence-electron chi connectivity index (χ2n) is 8.63. The predicted molar refractivity (Wildman–Crippen MR) is 137 cm³/mol. The van der Waals surface area contributed by atoms with Crippen molar-refractivity contribution in [2.75, 3.05) is 31.8 Å². The number of methoxy groups -OCH3 is 1. The average molecular weight is 492 g/mol. The van der Waals surface area contributed by atoms with Crippen LogP contribution in [0.2, 0.25) is 5.02 Å². The molecule has 4 aromatic rings. The van der Waals surface area contributed by atoms with Crippen molar-refractivity contribution in [3.63, 3.8) is 0 Å². The molecule has 0 aliphatic heterocycles. The number of hydrogen-bond acceptors (Lipinski definition) is 9. The molecule has 0 bridgehead atoms. The number of pyridine rings is 2. The summed E-state index contributed by atoms with van der Waals surface area (Å²) >= 11 is 6.16. The van der Waals surface area contributed by atoms with E-state index in [0.29, 0.717) is 34.1 Å². The van der Waals surface area contributed by atoms with Gasteiger partial charge in [-0.3, -0.25) is 9.97 Å². The molecule has 0 spiro atoms. The summed E-state index contributed by atoms with van der Waals surface area (Å²) in [5.74, 6) is 2.45. The summed E-state index contributed by atoms with van der Waals surface area (Å²) in [6, 6.07) is 9.99. The first-order valence-electron chi connectivity index (χ1n) is 11.3. The number of aromatic nitrogens is 4. The van der Waals surface area contributed by atoms with E-state index < -0.39 is 0 Å². The summed E-state index contributed by atoms with van der Waals surface area (Å²) in [6.45, 7) is 0. The summed E-state index contributed by atoms with van der Waals surface area (Å²) in [4.78, 5) is 19.7. The van der Waals surface area contributed by atoms with Crippen LogP contribution in [0.5, 0.6) is 11.5 Å². The van der Waals surface area contributed by atoms with E-state index >= 15 is 0 Å². The lowest BCUT2D eigenvalue weighted by atomic mass is 9.88. The van der Waals surface area contributed by atoms with Crippen LogP contribution < -0.4 is 20.1 Å². The fourth-order valence-corrected chi connectivity index (χ4v) is 4.15. The number of nitrogens with zero attached hydrogens (tertiary/aromatic N) is 5. The standard InChI is InChI=1S/C25H26ClN7O2/c1-33(2)18-10-19(11-18)35-21-5-4-16(9-22(21)34-3)31-25-28-7-6-23(32-25)30-17-8-15-12-27-14-20(26)24(15)29-13-17/h4-9,12-14,18-19H,10-11H2,1-3H3,(H2,28,30,31,32). The highest BCUT2D eigenvalue weighted by Gasteiger charge is 2.32. The second kappa shape index (κ2) is 9.89. The van der Waals surface area contributed by atoms with Gasteiger partial charge in [-0.25, -0.2) is 4.98 Å². The molecular weight excluding hydrogens is 466 g/mol. The van der Waals surface area contributed by atoms with Gasteiger partial charge in [0.15, 0.2) is 11.5 Å². The van der Waals surface area contributed by atoms with E-state index in [9.17, 15) is 0 Å². The summed E-state index contributed by atoms with van der Waals surface area (Å²) in [5, 5.41) is 7.82. The van der Waals surface area contributed by atoms with E-state index in [1.165, 1.54) is 0 Å². The first-order valence-corrected chi connectivity index (χ1v) is 11.6. The van der Waals surface area contributed by atoms with Crippen molar-refractivity contribution in [1.29, 1.82) is 0 Å². The molecule has 3 aromatic heterocycles. The number of fused-ring (bicyclic) bond motifs is 1. The summed E-state index contributed by atoms with van der Waals surface area (Å²) in [6.07, 6.45) is 8.91. The molecule has 0 unspecified atom stereocenters. The van der Waals surface area contributed by atoms with Crippen molar-refractivity contribution < 1.29 is 9.47 Å². The van der Waals surface area contributed by atoms with Gasteiger partial charge >= 0.3 is 0 Å². The zero-order valence-corrected chi connectivity index (χ0v) is 20.5. The molecule has 35 heavy (non-hydrogen) atoms. The summed E-state index contributed by atoms with van der Waals surface area (Å²) < 4.78 is 11.7. The lowest BCUT2D eigenvalue weighted by molar-refractivity contribution is 0.0383. The van der Waals surface area contributed by atoms with Crippen LogP contribution in [0.1, 0.15) is 12.8 Å². The van der Waals surface area contributed by atoms with Crippen molar-refractivity contribution in [1.82, 2.24) is 24.8 Å². The number of anilines is 4. The minimum absolute atomic E-state index is 0.206. The Kier molecular flexibility index (Phi) is 6.52. The Morgan fingerprint density at radius 2 is 1.83 bits per heavy atom. The molecule has 3 heterocycles. The molecule has 0 saturated heterocycles. The van der Waals surface area contributed by atoms with Gasteiger partial charge in [0.2, 0.25) is 5.95 Å². The van der Waals surface area contributed by atoms with E-state index in [0.717, 1.165) is 35.4 Å². The van der Waals surface area contributed by atoms with Crippen LogP contribution in [0.25, 0.3) is 10.9 Å². The van der Waals surface area contributed by atoms with Crippen molar-refractivity contribution in [3.05, 3.63) is 60.1 Å². The maximum absolute atomic E-state index is 6.16. The maximum atomic E-state index is 6.16. The van der Waals surface area contributed by atoms with Crippen LogP contribution in [0, 0.1) is 0 Å². The third-order valence-corrected chi connectivity index (χ3v) is 6.26. The lowest BCUT2D eigenvalue weighted by Crippen LogP contribution is -2.46. The minimum atomic E-state index is 0.206. The smallest absolute Gasteiger partial charge is 0.229 e. The Balaban J connectivity index is 1.27. The molecular formula is C25H26ClN7O2. The van der Waals surface area contributed by atoms with Gasteiger partial charge in [-0.05, 0) is 51.2 Å². The van der Waals surface area contributed by atoms with Gasteiger partial charge in [0, 0.05) is 41.8 Å². The topological polar surface area (TPSA) is 97.3 Å². The second-order valence-corrected chi connectivity index (χ2v) is 9.03. The monoisotopic (exact) mass is 491 g/mol. The lowest BCUT2D eigenvalue weighted by Gasteiger charge is -2.39. The van der Waals surface area contributed by atoms with E-state index in [4.69, 9.17) is 21.1 Å². The van der Waals surface area contributed by atoms with Crippen LogP contribution >= 0.6 is 11.6 Å². The highest BCUT2D eigenvalue weighted by atomic mass is 35.5. The van der Waals surface area contributed by atoms with Crippen molar-refractivity contribution >= 4 is 45.6 Å². The molecule has 0 amide bonds. The third-order valence-electron chi connectivity index (χ3n) is 5.99. The summed E-state index contributed by atoms with van der Waals surface area (Å²) in [7, 11) is 5.83. The summed E-state index contributed by atoms with van der Waals surface area (Å²) in [5.41, 5.74) is 2.26. The first-order chi connectivity index (χ1) is 17.0. The fraction of sp³-hybridized carbons (Fsp3) is 0.280. The van der Waals surface area contributed by atoms with Gasteiger partial charge in [0.1, 0.15) is 11.9 Å². The van der Waals surface area contributed by atoms with Crippen LogP contribution in [-0.2, 0) is 0 Å². The average Bonchev–Trinajstić information content (AvgIpc) is 2.82. The first kappa shape index (κ1) is 23.1. The Bertz CT molecular complexity index is 1340. The van der Waals surface area contributed by atoms with E-state index in [1.807, 2.05) is 24.3 Å². The zero-order chi connectivity index (χ0) is 24.4. The molecule has 5 rings (SSSR count). The number of nitrogens with one attached hydrogen (secondary N) is 2. The molecule has 1 saturated carbocycles. The van der Waals surface area contributed by atoms with E-state index in [-0.39, 0.29) is 6.10 Å². The Labute approximate surface area is 208 Å². The normalized spacial score (nSPS) is 17.2. The van der Waals surface area contributed by atoms with Gasteiger partial charge in [-0.1, -0.05) is 11.6 Å². The molecule has 2 N–H and O–H groups in total. The molecule has 180 valence electrons. The number of hydrogen-bond donors (Lipinski definition) is 2. The molecule has 1 aromatic carbocycles. The minimum Gasteiger partial charge on any atom is -0.493 e. The molecule has 9 nitrogen and oxygen atoms in total. The molecule has 1 aliphatic rings. The van der Waals surface area contributed by atoms with Gasteiger partial charge in [0.05, 0.1) is 29.5 Å². The van der Waals surface area contributed by atoms with Crippen LogP contribution in [0.15, 0.2) is 55.1 Å². The maximum Gasteiger partial charge on any atom is 0.229 e. The Morgan fingerprint density at radius 3 is 2.63 bits per heavy atom. The van der Waals surface area contributed by atoms with Crippen molar-refractivity contribution in [2.24, 2.45) is 0 Å². The highest BCUT2D eigenvalue weighted by Crippen LogP contribution is 2.36. The molecule has 1 fully saturated rings. The fourth-order valence-electron chi connectivity index (χ4n) is 3.94.